The summed E-state index contributed by atoms with van der Waals surface area (Å²) in [4.78, 5) is 4.25. The van der Waals surface area contributed by atoms with E-state index in [1.54, 1.807) is 19.2 Å². The fourth-order valence-electron chi connectivity index (χ4n) is 2.15. The lowest BCUT2D eigenvalue weighted by Gasteiger charge is -2.12. The standard InChI is InChI=1S/C16H26N4O3S/c1-18-16(19-8-3-9-23-12-13-6-7-13)20-11-14-4-2-5-15(10-14)24(17,21)22/h2,4-5,10,13H,3,6-9,11-12H2,1H3,(H2,17,21,22)(H2,18,19,20). The molecule has 0 aromatic heterocycles. The van der Waals surface area contributed by atoms with Crippen LogP contribution in [0.5, 0.6) is 0 Å². The number of sulfonamides is 1. The summed E-state index contributed by atoms with van der Waals surface area (Å²) in [5.41, 5.74) is 0.817. The van der Waals surface area contributed by atoms with Crippen LogP contribution in [-0.2, 0) is 21.3 Å². The van der Waals surface area contributed by atoms with Crippen molar-refractivity contribution in [3.05, 3.63) is 29.8 Å². The largest absolute Gasteiger partial charge is 0.381 e. The molecule has 1 saturated carbocycles. The fourth-order valence-corrected chi connectivity index (χ4v) is 2.74. The zero-order chi connectivity index (χ0) is 17.4. The van der Waals surface area contributed by atoms with Crippen LogP contribution in [0.25, 0.3) is 0 Å². The third-order valence-corrected chi connectivity index (χ3v) is 4.63. The molecule has 1 aromatic carbocycles. The highest BCUT2D eigenvalue weighted by Gasteiger charge is 2.20. The third kappa shape index (κ3) is 6.86. The molecule has 0 bridgehead atoms. The predicted octanol–water partition coefficient (Wildman–Crippen LogP) is 0.816. The van der Waals surface area contributed by atoms with Crippen LogP contribution in [0.4, 0.5) is 0 Å². The van der Waals surface area contributed by atoms with E-state index in [9.17, 15) is 8.42 Å². The number of guanidine groups is 1. The van der Waals surface area contributed by atoms with Gasteiger partial charge in [0, 0.05) is 33.4 Å². The smallest absolute Gasteiger partial charge is 0.238 e. The Labute approximate surface area is 143 Å². The number of hydrogen-bond acceptors (Lipinski definition) is 4. The van der Waals surface area contributed by atoms with Gasteiger partial charge >= 0.3 is 0 Å². The normalized spacial score (nSPS) is 15.3. The highest BCUT2D eigenvalue weighted by atomic mass is 32.2. The highest BCUT2D eigenvalue weighted by Crippen LogP contribution is 2.28. The summed E-state index contributed by atoms with van der Waals surface area (Å²) in [6.07, 6.45) is 3.53. The molecular formula is C16H26N4O3S. The summed E-state index contributed by atoms with van der Waals surface area (Å²) in [5, 5.41) is 11.5. The first-order valence-corrected chi connectivity index (χ1v) is 9.67. The molecule has 1 aromatic rings. The number of benzene rings is 1. The average molecular weight is 354 g/mol. The molecule has 0 aliphatic heterocycles. The Morgan fingerprint density at radius 2 is 2.17 bits per heavy atom. The second kappa shape index (κ2) is 9.00. The highest BCUT2D eigenvalue weighted by molar-refractivity contribution is 7.89. The Morgan fingerprint density at radius 1 is 1.38 bits per heavy atom. The van der Waals surface area contributed by atoms with Crippen molar-refractivity contribution in [1.82, 2.24) is 10.6 Å². The van der Waals surface area contributed by atoms with E-state index in [2.05, 4.69) is 15.6 Å². The number of nitrogens with zero attached hydrogens (tertiary/aromatic N) is 1. The van der Waals surface area contributed by atoms with E-state index in [1.807, 2.05) is 6.07 Å². The van der Waals surface area contributed by atoms with Crippen LogP contribution in [0.15, 0.2) is 34.2 Å². The van der Waals surface area contributed by atoms with Gasteiger partial charge in [0.2, 0.25) is 10.0 Å². The van der Waals surface area contributed by atoms with Gasteiger partial charge in [-0.05, 0) is 42.9 Å². The molecule has 0 saturated heterocycles. The zero-order valence-electron chi connectivity index (χ0n) is 14.0. The van der Waals surface area contributed by atoms with Crippen LogP contribution < -0.4 is 15.8 Å². The Morgan fingerprint density at radius 3 is 2.83 bits per heavy atom. The minimum absolute atomic E-state index is 0.109. The van der Waals surface area contributed by atoms with Gasteiger partial charge in [-0.15, -0.1) is 0 Å². The van der Waals surface area contributed by atoms with E-state index in [4.69, 9.17) is 9.88 Å². The quantitative estimate of drug-likeness (QED) is 0.346. The molecule has 0 unspecified atom stereocenters. The number of nitrogens with one attached hydrogen (secondary N) is 2. The molecule has 1 aliphatic rings. The van der Waals surface area contributed by atoms with Gasteiger partial charge in [-0.2, -0.15) is 0 Å². The van der Waals surface area contributed by atoms with E-state index in [0.29, 0.717) is 12.5 Å². The molecular weight excluding hydrogens is 328 g/mol. The van der Waals surface area contributed by atoms with Gasteiger partial charge in [-0.1, -0.05) is 12.1 Å². The Balaban J connectivity index is 1.69. The topological polar surface area (TPSA) is 106 Å². The van der Waals surface area contributed by atoms with Gasteiger partial charge in [-0.25, -0.2) is 13.6 Å². The lowest BCUT2D eigenvalue weighted by Crippen LogP contribution is -2.37. The maximum absolute atomic E-state index is 11.4. The van der Waals surface area contributed by atoms with Crippen molar-refractivity contribution in [2.75, 3.05) is 26.8 Å². The Bertz CT molecular complexity index is 657. The first-order valence-electron chi connectivity index (χ1n) is 8.13. The van der Waals surface area contributed by atoms with E-state index in [0.717, 1.165) is 37.7 Å². The maximum Gasteiger partial charge on any atom is 0.238 e. The third-order valence-electron chi connectivity index (χ3n) is 3.72. The van der Waals surface area contributed by atoms with Crippen LogP contribution in [0.1, 0.15) is 24.8 Å². The molecule has 24 heavy (non-hydrogen) atoms. The lowest BCUT2D eigenvalue weighted by molar-refractivity contribution is 0.123. The number of rotatable bonds is 9. The van der Waals surface area contributed by atoms with Gasteiger partial charge < -0.3 is 15.4 Å². The summed E-state index contributed by atoms with van der Waals surface area (Å²) in [6, 6.07) is 6.54. The first-order chi connectivity index (χ1) is 11.5. The molecule has 4 N–H and O–H groups in total. The van der Waals surface area contributed by atoms with Crippen molar-refractivity contribution in [1.29, 1.82) is 0 Å². The number of aliphatic imine (C=N–C) groups is 1. The lowest BCUT2D eigenvalue weighted by atomic mass is 10.2. The Kier molecular flexibility index (Phi) is 7.01. The van der Waals surface area contributed by atoms with Gasteiger partial charge in [0.05, 0.1) is 4.90 Å². The molecule has 8 heteroatoms. The number of nitrogens with two attached hydrogens (primary N) is 1. The van der Waals surface area contributed by atoms with Crippen molar-refractivity contribution < 1.29 is 13.2 Å². The molecule has 0 radical (unpaired) electrons. The number of hydrogen-bond donors (Lipinski definition) is 3. The van der Waals surface area contributed by atoms with E-state index < -0.39 is 10.0 Å². The van der Waals surface area contributed by atoms with Gasteiger partial charge in [-0.3, -0.25) is 4.99 Å². The molecule has 0 atom stereocenters. The molecule has 0 amide bonds. The molecule has 0 heterocycles. The zero-order valence-corrected chi connectivity index (χ0v) is 14.8. The second-order valence-corrected chi connectivity index (χ2v) is 7.48. The van der Waals surface area contributed by atoms with Crippen LogP contribution in [-0.4, -0.2) is 41.2 Å². The number of ether oxygens (including phenoxy) is 1. The predicted molar refractivity (Wildman–Crippen MR) is 94.2 cm³/mol. The van der Waals surface area contributed by atoms with E-state index in [1.165, 1.54) is 18.9 Å². The van der Waals surface area contributed by atoms with Crippen molar-refractivity contribution in [3.63, 3.8) is 0 Å². The van der Waals surface area contributed by atoms with Gasteiger partial charge in [0.15, 0.2) is 5.96 Å². The summed E-state index contributed by atoms with van der Waals surface area (Å²) in [5.74, 6) is 1.46. The van der Waals surface area contributed by atoms with Crippen molar-refractivity contribution in [2.24, 2.45) is 16.0 Å². The summed E-state index contributed by atoms with van der Waals surface area (Å²) < 4.78 is 28.3. The monoisotopic (exact) mass is 354 g/mol. The van der Waals surface area contributed by atoms with Crippen LogP contribution >= 0.6 is 0 Å². The van der Waals surface area contributed by atoms with Crippen LogP contribution in [0.3, 0.4) is 0 Å². The van der Waals surface area contributed by atoms with Crippen molar-refractivity contribution in [3.8, 4) is 0 Å². The van der Waals surface area contributed by atoms with Crippen LogP contribution in [0.2, 0.25) is 0 Å². The summed E-state index contributed by atoms with van der Waals surface area (Å²) in [6.45, 7) is 2.85. The minimum Gasteiger partial charge on any atom is -0.381 e. The molecule has 2 rings (SSSR count). The summed E-state index contributed by atoms with van der Waals surface area (Å²) in [7, 11) is -1.99. The minimum atomic E-state index is -3.68. The SMILES string of the molecule is CN=C(NCCCOCC1CC1)NCc1cccc(S(N)(=O)=O)c1. The molecule has 7 nitrogen and oxygen atoms in total. The summed E-state index contributed by atoms with van der Waals surface area (Å²) >= 11 is 0. The first kappa shape index (κ1) is 18.7. The van der Waals surface area contributed by atoms with E-state index >= 15 is 0 Å². The molecule has 1 aliphatic carbocycles. The van der Waals surface area contributed by atoms with Gasteiger partial charge in [0.1, 0.15) is 0 Å². The van der Waals surface area contributed by atoms with Crippen molar-refractivity contribution in [2.45, 2.75) is 30.7 Å². The Hall–Kier alpha value is -1.64. The average Bonchev–Trinajstić information content (AvgIpc) is 3.37. The maximum atomic E-state index is 11.4. The van der Waals surface area contributed by atoms with Gasteiger partial charge in [0.25, 0.3) is 0 Å². The molecule has 1 fully saturated rings. The van der Waals surface area contributed by atoms with Crippen molar-refractivity contribution >= 4 is 16.0 Å². The number of primary sulfonamides is 1. The second-order valence-electron chi connectivity index (χ2n) is 5.92. The fraction of sp³-hybridized carbons (Fsp3) is 0.562. The van der Waals surface area contributed by atoms with Crippen LogP contribution in [0, 0.1) is 5.92 Å². The molecule has 0 spiro atoms. The van der Waals surface area contributed by atoms with E-state index in [-0.39, 0.29) is 4.90 Å². The molecule has 134 valence electrons.